The molecule has 0 atom stereocenters. The number of amides is 1. The first-order valence-corrected chi connectivity index (χ1v) is 6.29. The average molecular weight is 246 g/mol. The Hall–Kier alpha value is -1.68. The van der Waals surface area contributed by atoms with Gasteiger partial charge in [0, 0.05) is 17.1 Å². The van der Waals surface area contributed by atoms with E-state index >= 15 is 0 Å². The Bertz CT molecular complexity index is 520. The molecule has 0 saturated carbocycles. The van der Waals surface area contributed by atoms with Crippen molar-refractivity contribution in [2.24, 2.45) is 0 Å². The van der Waals surface area contributed by atoms with Crippen molar-refractivity contribution < 1.29 is 4.79 Å². The van der Waals surface area contributed by atoms with Crippen molar-refractivity contribution in [1.29, 1.82) is 0 Å². The van der Waals surface area contributed by atoms with Gasteiger partial charge in [-0.05, 0) is 31.0 Å². The summed E-state index contributed by atoms with van der Waals surface area (Å²) in [6.45, 7) is 4.46. The van der Waals surface area contributed by atoms with Gasteiger partial charge in [0.2, 0.25) is 0 Å². The maximum atomic E-state index is 12.0. The lowest BCUT2D eigenvalue weighted by atomic mass is 10.0. The molecule has 1 aromatic carbocycles. The minimum absolute atomic E-state index is 0.0404. The van der Waals surface area contributed by atoms with E-state index in [1.165, 1.54) is 0 Å². The minimum atomic E-state index is -0.0404. The van der Waals surface area contributed by atoms with Crippen LogP contribution in [0.1, 0.15) is 26.5 Å². The van der Waals surface area contributed by atoms with Gasteiger partial charge in [0.25, 0.3) is 5.91 Å². The molecule has 0 spiro atoms. The van der Waals surface area contributed by atoms with E-state index in [4.69, 9.17) is 0 Å². The van der Waals surface area contributed by atoms with Gasteiger partial charge in [-0.25, -0.2) is 4.98 Å². The third-order valence-corrected chi connectivity index (χ3v) is 3.51. The molecule has 4 heteroatoms. The smallest absolute Gasteiger partial charge is 0.251 e. The van der Waals surface area contributed by atoms with Gasteiger partial charge in [0.1, 0.15) is 5.01 Å². The number of hydrogen-bond donors (Lipinski definition) is 1. The molecule has 1 N–H and O–H groups in total. The SMILES string of the molecule is Cc1cccc(C(=O)NCc2nccs2)c1C. The molecule has 3 nitrogen and oxygen atoms in total. The van der Waals surface area contributed by atoms with Gasteiger partial charge in [0.05, 0.1) is 6.54 Å². The fraction of sp³-hybridized carbons (Fsp3) is 0.231. The maximum Gasteiger partial charge on any atom is 0.251 e. The Labute approximate surface area is 105 Å². The molecule has 1 heterocycles. The summed E-state index contributed by atoms with van der Waals surface area (Å²) in [6.07, 6.45) is 1.74. The first-order chi connectivity index (χ1) is 8.18. The van der Waals surface area contributed by atoms with Gasteiger partial charge in [-0.15, -0.1) is 11.3 Å². The van der Waals surface area contributed by atoms with Crippen LogP contribution >= 0.6 is 11.3 Å². The van der Waals surface area contributed by atoms with Crippen molar-refractivity contribution in [3.63, 3.8) is 0 Å². The number of nitrogens with one attached hydrogen (secondary N) is 1. The van der Waals surface area contributed by atoms with Crippen LogP contribution in [0.15, 0.2) is 29.8 Å². The highest BCUT2D eigenvalue weighted by Crippen LogP contribution is 2.12. The number of hydrogen-bond acceptors (Lipinski definition) is 3. The van der Waals surface area contributed by atoms with Crippen LogP contribution in [0.5, 0.6) is 0 Å². The molecule has 0 aliphatic rings. The first-order valence-electron chi connectivity index (χ1n) is 5.41. The molecular weight excluding hydrogens is 232 g/mol. The summed E-state index contributed by atoms with van der Waals surface area (Å²) in [7, 11) is 0. The zero-order chi connectivity index (χ0) is 12.3. The highest BCUT2D eigenvalue weighted by Gasteiger charge is 2.09. The van der Waals surface area contributed by atoms with E-state index in [1.807, 2.05) is 37.4 Å². The molecule has 0 aliphatic carbocycles. The average Bonchev–Trinajstić information content (AvgIpc) is 2.82. The predicted molar refractivity (Wildman–Crippen MR) is 69.2 cm³/mol. The van der Waals surface area contributed by atoms with E-state index in [2.05, 4.69) is 10.3 Å². The Balaban J connectivity index is 2.07. The van der Waals surface area contributed by atoms with Crippen LogP contribution in [0.4, 0.5) is 0 Å². The molecule has 0 unspecified atom stereocenters. The van der Waals surface area contributed by atoms with E-state index in [0.717, 1.165) is 21.7 Å². The lowest BCUT2D eigenvalue weighted by Crippen LogP contribution is -2.23. The molecule has 2 rings (SSSR count). The van der Waals surface area contributed by atoms with Gasteiger partial charge in [-0.1, -0.05) is 12.1 Å². The normalized spacial score (nSPS) is 10.2. The zero-order valence-corrected chi connectivity index (χ0v) is 10.7. The second kappa shape index (κ2) is 5.10. The third kappa shape index (κ3) is 2.71. The molecule has 0 radical (unpaired) electrons. The number of aryl methyl sites for hydroxylation is 1. The second-order valence-corrected chi connectivity index (χ2v) is 4.84. The van der Waals surface area contributed by atoms with E-state index in [0.29, 0.717) is 6.54 Å². The van der Waals surface area contributed by atoms with Crippen molar-refractivity contribution >= 4 is 17.2 Å². The van der Waals surface area contributed by atoms with E-state index < -0.39 is 0 Å². The van der Waals surface area contributed by atoms with Crippen LogP contribution in [-0.4, -0.2) is 10.9 Å². The monoisotopic (exact) mass is 246 g/mol. The van der Waals surface area contributed by atoms with Crippen molar-refractivity contribution in [2.45, 2.75) is 20.4 Å². The van der Waals surface area contributed by atoms with Crippen LogP contribution in [0.2, 0.25) is 0 Å². The molecule has 88 valence electrons. The fourth-order valence-electron chi connectivity index (χ4n) is 1.59. The number of benzene rings is 1. The second-order valence-electron chi connectivity index (χ2n) is 3.86. The Morgan fingerprint density at radius 1 is 1.41 bits per heavy atom. The summed E-state index contributed by atoms with van der Waals surface area (Å²) < 4.78 is 0. The summed E-state index contributed by atoms with van der Waals surface area (Å²) >= 11 is 1.54. The standard InChI is InChI=1S/C13H14N2OS/c1-9-4-3-5-11(10(9)2)13(16)15-8-12-14-6-7-17-12/h3-7H,8H2,1-2H3,(H,15,16). The lowest BCUT2D eigenvalue weighted by molar-refractivity contribution is 0.0950. The lowest BCUT2D eigenvalue weighted by Gasteiger charge is -2.08. The Kier molecular flexibility index (Phi) is 3.54. The van der Waals surface area contributed by atoms with Gasteiger partial charge < -0.3 is 5.32 Å². The summed E-state index contributed by atoms with van der Waals surface area (Å²) in [6, 6.07) is 5.76. The van der Waals surface area contributed by atoms with Crippen LogP contribution in [0.25, 0.3) is 0 Å². The van der Waals surface area contributed by atoms with Crippen LogP contribution < -0.4 is 5.32 Å². The first kappa shape index (κ1) is 11.8. The van der Waals surface area contributed by atoms with Crippen molar-refractivity contribution in [1.82, 2.24) is 10.3 Å². The Morgan fingerprint density at radius 3 is 2.94 bits per heavy atom. The van der Waals surface area contributed by atoms with E-state index in [9.17, 15) is 4.79 Å². The third-order valence-electron chi connectivity index (χ3n) is 2.73. The highest BCUT2D eigenvalue weighted by atomic mass is 32.1. The van der Waals surface area contributed by atoms with E-state index in [-0.39, 0.29) is 5.91 Å². The molecule has 0 saturated heterocycles. The predicted octanol–water partition coefficient (Wildman–Crippen LogP) is 2.69. The molecule has 17 heavy (non-hydrogen) atoms. The van der Waals surface area contributed by atoms with Gasteiger partial charge >= 0.3 is 0 Å². The van der Waals surface area contributed by atoms with Crippen molar-refractivity contribution in [3.8, 4) is 0 Å². The van der Waals surface area contributed by atoms with Crippen LogP contribution in [0.3, 0.4) is 0 Å². The van der Waals surface area contributed by atoms with Crippen LogP contribution in [0, 0.1) is 13.8 Å². The molecule has 0 aliphatic heterocycles. The summed E-state index contributed by atoms with van der Waals surface area (Å²) in [4.78, 5) is 16.1. The minimum Gasteiger partial charge on any atom is -0.346 e. The number of carbonyl (C=O) groups excluding carboxylic acids is 1. The van der Waals surface area contributed by atoms with Gasteiger partial charge in [-0.3, -0.25) is 4.79 Å². The van der Waals surface area contributed by atoms with Crippen LogP contribution in [-0.2, 0) is 6.54 Å². The number of aromatic nitrogens is 1. The summed E-state index contributed by atoms with van der Waals surface area (Å²) in [5, 5.41) is 5.70. The fourth-order valence-corrected chi connectivity index (χ4v) is 2.14. The largest absolute Gasteiger partial charge is 0.346 e. The number of carbonyl (C=O) groups is 1. The molecule has 0 fully saturated rings. The zero-order valence-electron chi connectivity index (χ0n) is 9.86. The summed E-state index contributed by atoms with van der Waals surface area (Å²) in [5.41, 5.74) is 2.90. The molecule has 0 bridgehead atoms. The topological polar surface area (TPSA) is 42.0 Å². The summed E-state index contributed by atoms with van der Waals surface area (Å²) in [5.74, 6) is -0.0404. The highest BCUT2D eigenvalue weighted by molar-refractivity contribution is 7.09. The molecule has 1 aromatic heterocycles. The molecular formula is C13H14N2OS. The van der Waals surface area contributed by atoms with Gasteiger partial charge in [-0.2, -0.15) is 0 Å². The van der Waals surface area contributed by atoms with Gasteiger partial charge in [0.15, 0.2) is 0 Å². The molecule has 1 amide bonds. The quantitative estimate of drug-likeness (QED) is 0.904. The van der Waals surface area contributed by atoms with E-state index in [1.54, 1.807) is 17.5 Å². The molecule has 2 aromatic rings. The van der Waals surface area contributed by atoms with Crippen molar-refractivity contribution in [2.75, 3.05) is 0 Å². The Morgan fingerprint density at radius 2 is 2.24 bits per heavy atom. The number of rotatable bonds is 3. The number of thiazole rings is 1. The number of nitrogens with zero attached hydrogens (tertiary/aromatic N) is 1. The maximum absolute atomic E-state index is 12.0. The van der Waals surface area contributed by atoms with Crippen molar-refractivity contribution in [3.05, 3.63) is 51.5 Å².